The first-order chi connectivity index (χ1) is 9.63. The Balaban J connectivity index is 2.25. The molecule has 1 amide bonds. The van der Waals surface area contributed by atoms with Crippen molar-refractivity contribution in [3.63, 3.8) is 0 Å². The van der Waals surface area contributed by atoms with Crippen LogP contribution in [0.4, 0.5) is 11.4 Å². The second-order valence-corrected chi connectivity index (χ2v) is 4.41. The molecular weight excluding hydrogens is 278 g/mol. The molecular formula is C14H14ClN3O2. The molecule has 0 aliphatic heterocycles. The number of carbonyl (C=O) groups excluding carboxylic acids is 1. The molecule has 0 saturated heterocycles. The Morgan fingerprint density at radius 1 is 1.30 bits per heavy atom. The molecule has 2 N–H and O–H groups in total. The van der Waals surface area contributed by atoms with Crippen LogP contribution in [0.15, 0.2) is 36.5 Å². The van der Waals surface area contributed by atoms with E-state index in [2.05, 4.69) is 15.6 Å². The molecule has 5 nitrogen and oxygen atoms in total. The molecule has 0 spiro atoms. The van der Waals surface area contributed by atoms with Crippen molar-refractivity contribution < 1.29 is 9.53 Å². The number of pyridine rings is 1. The van der Waals surface area contributed by atoms with Gasteiger partial charge < -0.3 is 15.4 Å². The molecule has 2 rings (SSSR count). The van der Waals surface area contributed by atoms with Crippen LogP contribution >= 0.6 is 11.6 Å². The molecule has 0 bridgehead atoms. The molecule has 0 saturated carbocycles. The second-order valence-electron chi connectivity index (χ2n) is 3.98. The van der Waals surface area contributed by atoms with Gasteiger partial charge in [-0.05, 0) is 30.3 Å². The molecule has 1 aromatic heterocycles. The van der Waals surface area contributed by atoms with Gasteiger partial charge in [0.2, 0.25) is 0 Å². The number of rotatable bonds is 4. The van der Waals surface area contributed by atoms with Gasteiger partial charge in [0.1, 0.15) is 11.4 Å². The van der Waals surface area contributed by atoms with Gasteiger partial charge in [-0.1, -0.05) is 11.6 Å². The smallest absolute Gasteiger partial charge is 0.274 e. The summed E-state index contributed by atoms with van der Waals surface area (Å²) in [6.45, 7) is 0. The van der Waals surface area contributed by atoms with Gasteiger partial charge in [0.05, 0.1) is 12.8 Å². The van der Waals surface area contributed by atoms with Crippen molar-refractivity contribution in [3.8, 4) is 5.75 Å². The molecule has 0 unspecified atom stereocenters. The van der Waals surface area contributed by atoms with Crippen LogP contribution in [0.2, 0.25) is 5.02 Å². The Morgan fingerprint density at radius 3 is 2.80 bits per heavy atom. The molecule has 0 radical (unpaired) electrons. The molecule has 2 aromatic rings. The monoisotopic (exact) mass is 291 g/mol. The van der Waals surface area contributed by atoms with Crippen LogP contribution < -0.4 is 15.4 Å². The van der Waals surface area contributed by atoms with Gasteiger partial charge in [0.15, 0.2) is 0 Å². The third kappa shape index (κ3) is 3.19. The molecule has 0 aliphatic rings. The molecule has 6 heteroatoms. The third-order valence-electron chi connectivity index (χ3n) is 2.69. The zero-order valence-electron chi connectivity index (χ0n) is 11.1. The van der Waals surface area contributed by atoms with E-state index in [1.807, 2.05) is 0 Å². The van der Waals surface area contributed by atoms with Crippen LogP contribution in [0.5, 0.6) is 5.75 Å². The first-order valence-electron chi connectivity index (χ1n) is 5.92. The van der Waals surface area contributed by atoms with Gasteiger partial charge in [-0.3, -0.25) is 9.78 Å². The number of carbonyl (C=O) groups is 1. The molecule has 20 heavy (non-hydrogen) atoms. The Bertz CT molecular complexity index is 632. The topological polar surface area (TPSA) is 63.2 Å². The SMILES string of the molecule is CNc1ccnc(C(=O)Nc2cc(Cl)ccc2OC)c1. The van der Waals surface area contributed by atoms with E-state index >= 15 is 0 Å². The normalized spacial score (nSPS) is 9.95. The summed E-state index contributed by atoms with van der Waals surface area (Å²) in [5, 5.41) is 6.20. The number of methoxy groups -OCH3 is 1. The highest BCUT2D eigenvalue weighted by Crippen LogP contribution is 2.28. The van der Waals surface area contributed by atoms with Crippen molar-refractivity contribution in [2.75, 3.05) is 24.8 Å². The van der Waals surface area contributed by atoms with E-state index in [1.54, 1.807) is 43.6 Å². The first kappa shape index (κ1) is 14.1. The average Bonchev–Trinajstić information content (AvgIpc) is 2.47. The highest BCUT2D eigenvalue weighted by Gasteiger charge is 2.11. The van der Waals surface area contributed by atoms with E-state index in [4.69, 9.17) is 16.3 Å². The minimum atomic E-state index is -0.331. The summed E-state index contributed by atoms with van der Waals surface area (Å²) >= 11 is 5.92. The van der Waals surface area contributed by atoms with Crippen molar-refractivity contribution in [1.82, 2.24) is 4.98 Å². The summed E-state index contributed by atoms with van der Waals surface area (Å²) in [5.41, 5.74) is 1.61. The van der Waals surface area contributed by atoms with Gasteiger partial charge in [0, 0.05) is 24.0 Å². The standard InChI is InChI=1S/C14H14ClN3O2/c1-16-10-5-6-17-12(8-10)14(19)18-11-7-9(15)3-4-13(11)20-2/h3-8H,1-2H3,(H,16,17)(H,18,19). The largest absolute Gasteiger partial charge is 0.495 e. The first-order valence-corrected chi connectivity index (χ1v) is 6.30. The third-order valence-corrected chi connectivity index (χ3v) is 2.93. The molecule has 1 aromatic carbocycles. The number of amides is 1. The number of hydrogen-bond donors (Lipinski definition) is 2. The van der Waals surface area contributed by atoms with E-state index in [1.165, 1.54) is 7.11 Å². The van der Waals surface area contributed by atoms with E-state index in [-0.39, 0.29) is 5.91 Å². The quantitative estimate of drug-likeness (QED) is 0.909. The van der Waals surface area contributed by atoms with Crippen molar-refractivity contribution in [3.05, 3.63) is 47.2 Å². The van der Waals surface area contributed by atoms with Crippen molar-refractivity contribution in [2.45, 2.75) is 0 Å². The minimum absolute atomic E-state index is 0.305. The summed E-state index contributed by atoms with van der Waals surface area (Å²) in [7, 11) is 3.30. The lowest BCUT2D eigenvalue weighted by Crippen LogP contribution is -2.14. The Kier molecular flexibility index (Phi) is 4.42. The van der Waals surface area contributed by atoms with Crippen molar-refractivity contribution >= 4 is 28.9 Å². The lowest BCUT2D eigenvalue weighted by atomic mass is 10.2. The van der Waals surface area contributed by atoms with Crippen LogP contribution in [-0.2, 0) is 0 Å². The highest BCUT2D eigenvalue weighted by atomic mass is 35.5. The summed E-state index contributed by atoms with van der Waals surface area (Å²) in [5.74, 6) is 0.204. The summed E-state index contributed by atoms with van der Waals surface area (Å²) in [6, 6.07) is 8.44. The Hall–Kier alpha value is -2.27. The van der Waals surface area contributed by atoms with Gasteiger partial charge >= 0.3 is 0 Å². The van der Waals surface area contributed by atoms with Gasteiger partial charge in [-0.2, -0.15) is 0 Å². The zero-order chi connectivity index (χ0) is 14.5. The van der Waals surface area contributed by atoms with Crippen LogP contribution in [0.3, 0.4) is 0 Å². The molecule has 1 heterocycles. The number of hydrogen-bond acceptors (Lipinski definition) is 4. The number of halogens is 1. The number of nitrogens with zero attached hydrogens (tertiary/aromatic N) is 1. The zero-order valence-corrected chi connectivity index (χ0v) is 11.9. The Labute approximate surface area is 121 Å². The lowest BCUT2D eigenvalue weighted by molar-refractivity contribution is 0.102. The fourth-order valence-electron chi connectivity index (χ4n) is 1.67. The highest BCUT2D eigenvalue weighted by molar-refractivity contribution is 6.31. The van der Waals surface area contributed by atoms with E-state index < -0.39 is 0 Å². The van der Waals surface area contributed by atoms with Crippen LogP contribution in [0.1, 0.15) is 10.5 Å². The Morgan fingerprint density at radius 2 is 2.10 bits per heavy atom. The number of anilines is 2. The number of aromatic nitrogens is 1. The summed E-state index contributed by atoms with van der Waals surface area (Å²) in [6.07, 6.45) is 1.57. The van der Waals surface area contributed by atoms with Crippen LogP contribution in [0, 0.1) is 0 Å². The van der Waals surface area contributed by atoms with Crippen LogP contribution in [0.25, 0.3) is 0 Å². The van der Waals surface area contributed by atoms with E-state index in [0.29, 0.717) is 22.2 Å². The molecule has 0 atom stereocenters. The molecule has 104 valence electrons. The summed E-state index contributed by atoms with van der Waals surface area (Å²) in [4.78, 5) is 16.2. The number of ether oxygens (including phenoxy) is 1. The maximum Gasteiger partial charge on any atom is 0.274 e. The van der Waals surface area contributed by atoms with E-state index in [9.17, 15) is 4.79 Å². The number of nitrogens with one attached hydrogen (secondary N) is 2. The van der Waals surface area contributed by atoms with Gasteiger partial charge in [-0.15, -0.1) is 0 Å². The maximum absolute atomic E-state index is 12.2. The van der Waals surface area contributed by atoms with Crippen LogP contribution in [-0.4, -0.2) is 25.0 Å². The fourth-order valence-corrected chi connectivity index (χ4v) is 1.85. The minimum Gasteiger partial charge on any atom is -0.495 e. The van der Waals surface area contributed by atoms with E-state index in [0.717, 1.165) is 5.69 Å². The maximum atomic E-state index is 12.2. The number of benzene rings is 1. The van der Waals surface area contributed by atoms with Gasteiger partial charge in [-0.25, -0.2) is 0 Å². The summed E-state index contributed by atoms with van der Waals surface area (Å²) < 4.78 is 5.18. The lowest BCUT2D eigenvalue weighted by Gasteiger charge is -2.10. The molecule has 0 fully saturated rings. The van der Waals surface area contributed by atoms with Gasteiger partial charge in [0.25, 0.3) is 5.91 Å². The fraction of sp³-hybridized carbons (Fsp3) is 0.143. The molecule has 0 aliphatic carbocycles. The van der Waals surface area contributed by atoms with Crippen molar-refractivity contribution in [2.24, 2.45) is 0 Å². The predicted molar refractivity (Wildman–Crippen MR) is 79.7 cm³/mol. The van der Waals surface area contributed by atoms with Crippen molar-refractivity contribution in [1.29, 1.82) is 0 Å². The second kappa shape index (κ2) is 6.25. The predicted octanol–water partition coefficient (Wildman–Crippen LogP) is 3.04. The average molecular weight is 292 g/mol.